The summed E-state index contributed by atoms with van der Waals surface area (Å²) in [6.45, 7) is 3.22. The highest BCUT2D eigenvalue weighted by atomic mass is 16.2. The number of hydrogen-bond acceptors (Lipinski definition) is 3. The topological polar surface area (TPSA) is 70.1 Å². The molecule has 1 amide bonds. The van der Waals surface area contributed by atoms with Gasteiger partial charge < -0.3 is 10.6 Å². The van der Waals surface area contributed by atoms with E-state index in [1.807, 2.05) is 6.92 Å². The minimum absolute atomic E-state index is 0.107. The van der Waals surface area contributed by atoms with Crippen LogP contribution in [0.25, 0.3) is 0 Å². The van der Waals surface area contributed by atoms with E-state index in [0.29, 0.717) is 17.8 Å². The second-order valence-corrected chi connectivity index (χ2v) is 4.47. The molecule has 0 bridgehead atoms. The fourth-order valence-corrected chi connectivity index (χ4v) is 2.07. The van der Waals surface area contributed by atoms with Gasteiger partial charge in [0.15, 0.2) is 0 Å². The highest BCUT2D eigenvalue weighted by Gasteiger charge is 2.27. The monoisotopic (exact) mass is 229 g/mol. The second-order valence-electron chi connectivity index (χ2n) is 4.47. The Labute approximate surface area is 101 Å². The largest absolute Gasteiger partial charge is 0.398 e. The standard InChI is InChI=1S/C13H15N3O/c1-9-4-5-16(13(9)17)8-11-6-10(7-14)2-3-12(11)15/h2-3,6,9H,4-5,8,15H2,1H3. The number of benzene rings is 1. The van der Waals surface area contributed by atoms with E-state index in [-0.39, 0.29) is 11.8 Å². The molecule has 0 radical (unpaired) electrons. The van der Waals surface area contributed by atoms with E-state index in [4.69, 9.17) is 11.0 Å². The Bertz CT molecular complexity index is 490. The zero-order valence-electron chi connectivity index (χ0n) is 9.81. The molecule has 1 aliphatic rings. The summed E-state index contributed by atoms with van der Waals surface area (Å²) in [5.41, 5.74) is 7.92. The zero-order chi connectivity index (χ0) is 12.4. The molecule has 1 aromatic carbocycles. The number of carbonyl (C=O) groups excluding carboxylic acids is 1. The number of rotatable bonds is 2. The Balaban J connectivity index is 2.19. The first-order valence-corrected chi connectivity index (χ1v) is 5.69. The predicted molar refractivity (Wildman–Crippen MR) is 64.8 cm³/mol. The number of nitriles is 1. The third kappa shape index (κ3) is 2.23. The van der Waals surface area contributed by atoms with Crippen LogP contribution in [-0.4, -0.2) is 17.4 Å². The number of nitrogen functional groups attached to an aromatic ring is 1. The molecule has 1 aromatic rings. The Morgan fingerprint density at radius 2 is 2.35 bits per heavy atom. The number of nitrogens with two attached hydrogens (primary N) is 1. The van der Waals surface area contributed by atoms with Crippen molar-refractivity contribution in [3.63, 3.8) is 0 Å². The van der Waals surface area contributed by atoms with Gasteiger partial charge in [0.1, 0.15) is 0 Å². The van der Waals surface area contributed by atoms with Crippen LogP contribution in [0.5, 0.6) is 0 Å². The van der Waals surface area contributed by atoms with Gasteiger partial charge in [-0.15, -0.1) is 0 Å². The quantitative estimate of drug-likeness (QED) is 0.781. The van der Waals surface area contributed by atoms with Crippen molar-refractivity contribution < 1.29 is 4.79 Å². The van der Waals surface area contributed by atoms with E-state index in [9.17, 15) is 4.79 Å². The highest BCUT2D eigenvalue weighted by molar-refractivity contribution is 5.80. The third-order valence-corrected chi connectivity index (χ3v) is 3.20. The molecule has 17 heavy (non-hydrogen) atoms. The Hall–Kier alpha value is -2.02. The molecular formula is C13H15N3O. The van der Waals surface area contributed by atoms with E-state index in [1.54, 1.807) is 23.1 Å². The van der Waals surface area contributed by atoms with Crippen molar-refractivity contribution in [3.05, 3.63) is 29.3 Å². The number of likely N-dealkylation sites (tertiary alicyclic amines) is 1. The summed E-state index contributed by atoms with van der Waals surface area (Å²) in [5.74, 6) is 0.280. The maximum absolute atomic E-state index is 11.8. The molecule has 4 heteroatoms. The lowest BCUT2D eigenvalue weighted by Gasteiger charge is -2.17. The van der Waals surface area contributed by atoms with Crippen molar-refractivity contribution in [2.45, 2.75) is 19.9 Å². The average molecular weight is 229 g/mol. The van der Waals surface area contributed by atoms with E-state index in [0.717, 1.165) is 18.5 Å². The Morgan fingerprint density at radius 1 is 1.59 bits per heavy atom. The van der Waals surface area contributed by atoms with Gasteiger partial charge in [-0.1, -0.05) is 6.92 Å². The molecule has 4 nitrogen and oxygen atoms in total. The lowest BCUT2D eigenvalue weighted by atomic mass is 10.1. The molecule has 0 aromatic heterocycles. The van der Waals surface area contributed by atoms with Gasteiger partial charge in [-0.25, -0.2) is 0 Å². The summed E-state index contributed by atoms with van der Waals surface area (Å²) in [4.78, 5) is 13.6. The average Bonchev–Trinajstić information content (AvgIpc) is 2.64. The second kappa shape index (κ2) is 4.46. The van der Waals surface area contributed by atoms with Crippen LogP contribution in [0.3, 0.4) is 0 Å². The summed E-state index contributed by atoms with van der Waals surface area (Å²) in [6, 6.07) is 7.24. The van der Waals surface area contributed by atoms with Crippen LogP contribution >= 0.6 is 0 Å². The predicted octanol–water partition coefficient (Wildman–Crippen LogP) is 1.51. The van der Waals surface area contributed by atoms with Crippen LogP contribution in [0.1, 0.15) is 24.5 Å². The number of amides is 1. The summed E-state index contributed by atoms with van der Waals surface area (Å²) < 4.78 is 0. The molecule has 1 aliphatic heterocycles. The van der Waals surface area contributed by atoms with Crippen LogP contribution in [0.4, 0.5) is 5.69 Å². The van der Waals surface area contributed by atoms with Crippen LogP contribution in [0, 0.1) is 17.2 Å². The first-order chi connectivity index (χ1) is 8.11. The zero-order valence-corrected chi connectivity index (χ0v) is 9.81. The molecule has 0 aliphatic carbocycles. The van der Waals surface area contributed by atoms with Crippen molar-refractivity contribution in [1.29, 1.82) is 5.26 Å². The lowest BCUT2D eigenvalue weighted by molar-refractivity contribution is -0.131. The number of hydrogen-bond donors (Lipinski definition) is 1. The van der Waals surface area contributed by atoms with Gasteiger partial charge >= 0.3 is 0 Å². The first-order valence-electron chi connectivity index (χ1n) is 5.69. The van der Waals surface area contributed by atoms with E-state index >= 15 is 0 Å². The molecule has 0 spiro atoms. The molecule has 2 N–H and O–H groups in total. The van der Waals surface area contributed by atoms with Gasteiger partial charge in [0, 0.05) is 24.7 Å². The van der Waals surface area contributed by atoms with Gasteiger partial charge in [-0.2, -0.15) is 5.26 Å². The smallest absolute Gasteiger partial charge is 0.225 e. The fraction of sp³-hybridized carbons (Fsp3) is 0.385. The highest BCUT2D eigenvalue weighted by Crippen LogP contribution is 2.22. The molecule has 1 heterocycles. The molecule has 0 saturated carbocycles. The van der Waals surface area contributed by atoms with Crippen LogP contribution in [0.15, 0.2) is 18.2 Å². The maximum atomic E-state index is 11.8. The first kappa shape index (κ1) is 11.5. The number of nitrogens with zero attached hydrogens (tertiary/aromatic N) is 2. The molecule has 2 rings (SSSR count). The third-order valence-electron chi connectivity index (χ3n) is 3.20. The normalized spacial score (nSPS) is 19.4. The SMILES string of the molecule is CC1CCN(Cc2cc(C#N)ccc2N)C1=O. The van der Waals surface area contributed by atoms with Gasteiger partial charge in [0.05, 0.1) is 11.6 Å². The van der Waals surface area contributed by atoms with Gasteiger partial charge in [-0.05, 0) is 30.2 Å². The minimum atomic E-state index is 0.107. The van der Waals surface area contributed by atoms with Crippen LogP contribution < -0.4 is 5.73 Å². The fourth-order valence-electron chi connectivity index (χ4n) is 2.07. The van der Waals surface area contributed by atoms with E-state index in [1.165, 1.54) is 0 Å². The summed E-state index contributed by atoms with van der Waals surface area (Å²) in [7, 11) is 0. The van der Waals surface area contributed by atoms with Crippen LogP contribution in [-0.2, 0) is 11.3 Å². The Morgan fingerprint density at radius 3 is 2.94 bits per heavy atom. The van der Waals surface area contributed by atoms with Crippen LogP contribution in [0.2, 0.25) is 0 Å². The van der Waals surface area contributed by atoms with Crippen molar-refractivity contribution >= 4 is 11.6 Å². The number of anilines is 1. The summed E-state index contributed by atoms with van der Waals surface area (Å²) in [5, 5.41) is 8.84. The molecule has 1 fully saturated rings. The van der Waals surface area contributed by atoms with Crippen molar-refractivity contribution in [2.75, 3.05) is 12.3 Å². The maximum Gasteiger partial charge on any atom is 0.225 e. The van der Waals surface area contributed by atoms with Crippen molar-refractivity contribution in [3.8, 4) is 6.07 Å². The summed E-state index contributed by atoms with van der Waals surface area (Å²) in [6.07, 6.45) is 0.899. The number of carbonyl (C=O) groups is 1. The molecule has 1 saturated heterocycles. The summed E-state index contributed by atoms with van der Waals surface area (Å²) >= 11 is 0. The van der Waals surface area contributed by atoms with Gasteiger partial charge in [0.2, 0.25) is 5.91 Å². The molecule has 1 unspecified atom stereocenters. The van der Waals surface area contributed by atoms with Crippen molar-refractivity contribution in [2.24, 2.45) is 5.92 Å². The minimum Gasteiger partial charge on any atom is -0.398 e. The van der Waals surface area contributed by atoms with Gasteiger partial charge in [-0.3, -0.25) is 4.79 Å². The van der Waals surface area contributed by atoms with E-state index in [2.05, 4.69) is 6.07 Å². The van der Waals surface area contributed by atoms with E-state index < -0.39 is 0 Å². The molecule has 88 valence electrons. The lowest BCUT2D eigenvalue weighted by Crippen LogP contribution is -2.26. The van der Waals surface area contributed by atoms with Crippen molar-refractivity contribution in [1.82, 2.24) is 4.90 Å². The van der Waals surface area contributed by atoms with Gasteiger partial charge in [0.25, 0.3) is 0 Å². The molecule has 1 atom stereocenters. The molecular weight excluding hydrogens is 214 g/mol. The Kier molecular flexibility index (Phi) is 3.01.